The summed E-state index contributed by atoms with van der Waals surface area (Å²) in [5.74, 6) is 0.926. The van der Waals surface area contributed by atoms with E-state index in [-0.39, 0.29) is 12.2 Å². The van der Waals surface area contributed by atoms with Gasteiger partial charge in [0.2, 0.25) is 0 Å². The summed E-state index contributed by atoms with van der Waals surface area (Å²) in [6.45, 7) is 3.85. The third-order valence-corrected chi connectivity index (χ3v) is 6.05. The number of carbonyl (C=O) groups excluding carboxylic acids is 1. The maximum absolute atomic E-state index is 13.0. The number of rotatable bonds is 5. The summed E-state index contributed by atoms with van der Waals surface area (Å²) in [6.07, 6.45) is 7.68. The van der Waals surface area contributed by atoms with E-state index in [1.54, 1.807) is 16.9 Å². The molecule has 0 aliphatic carbocycles. The molecule has 3 aromatic heterocycles. The monoisotopic (exact) mass is 426 g/mol. The van der Waals surface area contributed by atoms with Gasteiger partial charge in [-0.1, -0.05) is 12.1 Å². The number of fused-ring (bicyclic) bond motifs is 1. The topological polar surface area (TPSA) is 67.2 Å². The number of carbonyl (C=O) groups is 1. The number of anilines is 1. The molecule has 4 aromatic rings. The van der Waals surface area contributed by atoms with Gasteiger partial charge in [-0.2, -0.15) is 5.10 Å². The van der Waals surface area contributed by atoms with Crippen LogP contribution in [0.25, 0.3) is 21.9 Å². The van der Waals surface area contributed by atoms with E-state index < -0.39 is 0 Å². The van der Waals surface area contributed by atoms with Crippen LogP contribution in [0.3, 0.4) is 0 Å². The van der Waals surface area contributed by atoms with Crippen molar-refractivity contribution in [2.24, 2.45) is 7.05 Å². The zero-order valence-electron chi connectivity index (χ0n) is 18.4. The lowest BCUT2D eigenvalue weighted by Crippen LogP contribution is -2.44. The highest BCUT2D eigenvalue weighted by Gasteiger charge is 2.17. The Labute approximate surface area is 187 Å². The summed E-state index contributed by atoms with van der Waals surface area (Å²) in [5, 5.41) is 6.37. The Bertz CT molecular complexity index is 1270. The second-order valence-electron chi connectivity index (χ2n) is 8.43. The van der Waals surface area contributed by atoms with Crippen molar-refractivity contribution in [2.75, 3.05) is 38.1 Å². The fourth-order valence-electron chi connectivity index (χ4n) is 4.10. The minimum absolute atomic E-state index is 0.0537. The zero-order valence-corrected chi connectivity index (χ0v) is 18.4. The Kier molecular flexibility index (Phi) is 5.41. The molecule has 32 heavy (non-hydrogen) atoms. The molecular weight excluding hydrogens is 400 g/mol. The Balaban J connectivity index is 1.36. The fraction of sp³-hybridized carbons (Fsp3) is 0.280. The van der Waals surface area contributed by atoms with Crippen LogP contribution in [0.2, 0.25) is 0 Å². The van der Waals surface area contributed by atoms with Crippen LogP contribution in [-0.4, -0.2) is 63.7 Å². The van der Waals surface area contributed by atoms with Gasteiger partial charge in [0, 0.05) is 74.0 Å². The molecule has 7 nitrogen and oxygen atoms in total. The van der Waals surface area contributed by atoms with Gasteiger partial charge in [-0.05, 0) is 42.3 Å². The first kappa shape index (κ1) is 20.3. The van der Waals surface area contributed by atoms with Crippen molar-refractivity contribution in [3.63, 3.8) is 0 Å². The summed E-state index contributed by atoms with van der Waals surface area (Å²) in [4.78, 5) is 26.6. The molecule has 1 saturated heterocycles. The Morgan fingerprint density at radius 1 is 0.906 bits per heavy atom. The molecule has 162 valence electrons. The standard InChI is InChI=1S/C25H26N6O/c1-29-7-9-31(10-8-29)25-13-19(5-6-26-25)24(32)14-23-12-21-11-18(3-4-20(21)15-27-23)22-16-28-30(2)17-22/h3-6,11-13,15-17H,7-10,14H2,1-2H3. The molecule has 1 aliphatic heterocycles. The number of ketones is 1. The highest BCUT2D eigenvalue weighted by Crippen LogP contribution is 2.24. The van der Waals surface area contributed by atoms with Crippen LogP contribution < -0.4 is 4.90 Å². The van der Waals surface area contributed by atoms with E-state index in [1.165, 1.54) is 0 Å². The first-order valence-corrected chi connectivity index (χ1v) is 10.9. The van der Waals surface area contributed by atoms with Gasteiger partial charge < -0.3 is 9.80 Å². The van der Waals surface area contributed by atoms with Crippen LogP contribution in [0, 0.1) is 0 Å². The number of benzene rings is 1. The zero-order chi connectivity index (χ0) is 22.1. The lowest BCUT2D eigenvalue weighted by molar-refractivity contribution is 0.0992. The first-order chi connectivity index (χ1) is 15.5. The summed E-state index contributed by atoms with van der Waals surface area (Å²) >= 11 is 0. The number of pyridine rings is 2. The van der Waals surface area contributed by atoms with Gasteiger partial charge in [0.05, 0.1) is 12.6 Å². The Morgan fingerprint density at radius 2 is 1.75 bits per heavy atom. The second kappa shape index (κ2) is 8.51. The first-order valence-electron chi connectivity index (χ1n) is 10.9. The highest BCUT2D eigenvalue weighted by atomic mass is 16.1. The van der Waals surface area contributed by atoms with E-state index in [0.717, 1.165) is 59.6 Å². The smallest absolute Gasteiger partial charge is 0.169 e. The average molecular weight is 427 g/mol. The van der Waals surface area contributed by atoms with E-state index >= 15 is 0 Å². The van der Waals surface area contributed by atoms with Crippen molar-refractivity contribution >= 4 is 22.4 Å². The van der Waals surface area contributed by atoms with Crippen LogP contribution in [0.15, 0.2) is 61.2 Å². The van der Waals surface area contributed by atoms with Crippen LogP contribution in [0.4, 0.5) is 5.82 Å². The summed E-state index contributed by atoms with van der Waals surface area (Å²) in [7, 11) is 4.04. The molecule has 4 heterocycles. The SMILES string of the molecule is CN1CCN(c2cc(C(=O)Cc3cc4cc(-c5cnn(C)c5)ccc4cn3)ccn2)CC1. The second-order valence-corrected chi connectivity index (χ2v) is 8.43. The molecule has 0 spiro atoms. The van der Waals surface area contributed by atoms with Crippen molar-refractivity contribution in [3.05, 3.63) is 72.4 Å². The molecule has 0 N–H and O–H groups in total. The van der Waals surface area contributed by atoms with Crippen molar-refractivity contribution < 1.29 is 4.79 Å². The number of aromatic nitrogens is 4. The number of piperazine rings is 1. The predicted molar refractivity (Wildman–Crippen MR) is 126 cm³/mol. The van der Waals surface area contributed by atoms with Gasteiger partial charge in [0.15, 0.2) is 5.78 Å². The number of Topliss-reactive ketones (excluding diaryl/α,β-unsaturated/α-hetero) is 1. The van der Waals surface area contributed by atoms with Crippen molar-refractivity contribution in [2.45, 2.75) is 6.42 Å². The molecular formula is C25H26N6O. The quantitative estimate of drug-likeness (QED) is 0.457. The van der Waals surface area contributed by atoms with E-state index in [2.05, 4.69) is 50.1 Å². The fourth-order valence-corrected chi connectivity index (χ4v) is 4.10. The van der Waals surface area contributed by atoms with Crippen LogP contribution >= 0.6 is 0 Å². The molecule has 1 fully saturated rings. The van der Waals surface area contributed by atoms with Gasteiger partial charge in [-0.25, -0.2) is 4.98 Å². The molecule has 0 bridgehead atoms. The molecule has 1 aliphatic rings. The van der Waals surface area contributed by atoms with Gasteiger partial charge in [0.25, 0.3) is 0 Å². The molecule has 0 saturated carbocycles. The van der Waals surface area contributed by atoms with Crippen LogP contribution in [0.1, 0.15) is 16.1 Å². The van der Waals surface area contributed by atoms with Crippen LogP contribution in [-0.2, 0) is 13.5 Å². The lowest BCUT2D eigenvalue weighted by Gasteiger charge is -2.33. The Morgan fingerprint density at radius 3 is 2.53 bits per heavy atom. The highest BCUT2D eigenvalue weighted by molar-refractivity contribution is 5.98. The minimum Gasteiger partial charge on any atom is -0.354 e. The third-order valence-electron chi connectivity index (χ3n) is 6.05. The number of hydrogen-bond donors (Lipinski definition) is 0. The van der Waals surface area contributed by atoms with Crippen molar-refractivity contribution in [1.29, 1.82) is 0 Å². The number of aryl methyl sites for hydroxylation is 1. The van der Waals surface area contributed by atoms with Crippen molar-refractivity contribution in [1.82, 2.24) is 24.6 Å². The molecule has 0 atom stereocenters. The largest absolute Gasteiger partial charge is 0.354 e. The number of hydrogen-bond acceptors (Lipinski definition) is 6. The average Bonchev–Trinajstić information content (AvgIpc) is 3.25. The Hall–Kier alpha value is -3.58. The van der Waals surface area contributed by atoms with E-state index in [9.17, 15) is 4.79 Å². The molecule has 0 unspecified atom stereocenters. The van der Waals surface area contributed by atoms with Gasteiger partial charge in [-0.3, -0.25) is 14.5 Å². The van der Waals surface area contributed by atoms with E-state index in [4.69, 9.17) is 0 Å². The van der Waals surface area contributed by atoms with Gasteiger partial charge >= 0.3 is 0 Å². The molecule has 7 heteroatoms. The van der Waals surface area contributed by atoms with E-state index in [1.807, 2.05) is 37.8 Å². The van der Waals surface area contributed by atoms with Gasteiger partial charge in [0.1, 0.15) is 5.82 Å². The molecule has 0 amide bonds. The van der Waals surface area contributed by atoms with E-state index in [0.29, 0.717) is 5.56 Å². The maximum atomic E-state index is 13.0. The summed E-state index contributed by atoms with van der Waals surface area (Å²) in [6, 6.07) is 12.0. The minimum atomic E-state index is 0.0537. The predicted octanol–water partition coefficient (Wildman–Crippen LogP) is 3.21. The summed E-state index contributed by atoms with van der Waals surface area (Å²) in [5.41, 5.74) is 3.61. The van der Waals surface area contributed by atoms with Crippen LogP contribution in [0.5, 0.6) is 0 Å². The molecule has 0 radical (unpaired) electrons. The van der Waals surface area contributed by atoms with Crippen molar-refractivity contribution in [3.8, 4) is 11.1 Å². The third kappa shape index (κ3) is 4.24. The summed E-state index contributed by atoms with van der Waals surface area (Å²) < 4.78 is 1.79. The van der Waals surface area contributed by atoms with Gasteiger partial charge in [-0.15, -0.1) is 0 Å². The number of nitrogens with zero attached hydrogens (tertiary/aromatic N) is 6. The lowest BCUT2D eigenvalue weighted by atomic mass is 10.0. The maximum Gasteiger partial charge on any atom is 0.169 e. The molecule has 1 aromatic carbocycles. The molecule has 5 rings (SSSR count). The number of likely N-dealkylation sites (N-methyl/N-ethyl adjacent to an activating group) is 1. The normalized spacial score (nSPS) is 14.8.